The summed E-state index contributed by atoms with van der Waals surface area (Å²) in [6.07, 6.45) is -7.05. The Kier molecular flexibility index (Phi) is 13.3. The van der Waals surface area contributed by atoms with Crippen molar-refractivity contribution in [2.24, 2.45) is 23.2 Å². The van der Waals surface area contributed by atoms with E-state index in [-0.39, 0.29) is 18.4 Å². The Hall–Kier alpha value is -4.99. The second-order valence-electron chi connectivity index (χ2n) is 17.5. The molecule has 1 unspecified atom stereocenters. The Morgan fingerprint density at radius 2 is 1.50 bits per heavy atom. The fraction of sp³-hybridized carbons (Fsp3) is 0.571. The summed E-state index contributed by atoms with van der Waals surface area (Å²) in [5.41, 5.74) is 1.53. The molecule has 13 nitrogen and oxygen atoms in total. The molecule has 0 aromatic heterocycles. The van der Waals surface area contributed by atoms with Crippen LogP contribution >= 0.6 is 0 Å². The van der Waals surface area contributed by atoms with E-state index >= 15 is 0 Å². The van der Waals surface area contributed by atoms with Crippen molar-refractivity contribution in [3.8, 4) is 0 Å². The minimum atomic E-state index is -4.73. The zero-order valence-corrected chi connectivity index (χ0v) is 34.1. The minimum Gasteiger partial charge on any atom is -0.444 e. The van der Waals surface area contributed by atoms with Crippen molar-refractivity contribution in [2.75, 3.05) is 33.7 Å². The highest BCUT2D eigenvalue weighted by Gasteiger charge is 2.70. The van der Waals surface area contributed by atoms with Crippen molar-refractivity contribution in [3.05, 3.63) is 71.3 Å². The number of rotatable bonds is 15. The summed E-state index contributed by atoms with van der Waals surface area (Å²) in [5.74, 6) is -5.75. The number of ketones is 1. The third kappa shape index (κ3) is 10.9. The smallest absolute Gasteiger partial charge is 0.408 e. The van der Waals surface area contributed by atoms with Crippen LogP contribution in [0.25, 0.3) is 0 Å². The number of nitrogens with one attached hydrogen (secondary N) is 4. The van der Waals surface area contributed by atoms with Gasteiger partial charge in [0.15, 0.2) is 0 Å². The van der Waals surface area contributed by atoms with Crippen LogP contribution in [0.1, 0.15) is 70.2 Å². The van der Waals surface area contributed by atoms with Gasteiger partial charge in [-0.3, -0.25) is 24.0 Å². The molecule has 1 heterocycles. The molecule has 1 aliphatic heterocycles. The maximum atomic E-state index is 14.6. The van der Waals surface area contributed by atoms with Crippen molar-refractivity contribution in [2.45, 2.75) is 96.2 Å². The molecule has 1 saturated carbocycles. The zero-order valence-electron chi connectivity index (χ0n) is 34.1. The van der Waals surface area contributed by atoms with Crippen LogP contribution in [0.15, 0.2) is 54.6 Å². The quantitative estimate of drug-likeness (QED) is 0.198. The molecule has 0 radical (unpaired) electrons. The summed E-state index contributed by atoms with van der Waals surface area (Å²) < 4.78 is 46.1. The van der Waals surface area contributed by atoms with Crippen molar-refractivity contribution in [3.63, 3.8) is 0 Å². The molecule has 2 aromatic carbocycles. The minimum absolute atomic E-state index is 0.134. The molecule has 1 saturated heterocycles. The van der Waals surface area contributed by atoms with Crippen molar-refractivity contribution in [1.29, 1.82) is 0 Å². The molecule has 16 heteroatoms. The van der Waals surface area contributed by atoms with E-state index in [1.54, 1.807) is 32.9 Å². The SMILES string of the molecule is CN(C)C[C@@H](NC(=O)CNC(=O)C(=O)C(CCC(F)(F)F)NC(=O)[C@@H]1[C@@H]2[C@H](CN1C(=O)[C@@H](NC(=O)OC(C)(C)C)C1Cc3ccccc3C1)C2(C)C)c1ccccc1. The summed E-state index contributed by atoms with van der Waals surface area (Å²) in [6, 6.07) is 12.0. The molecule has 5 rings (SSSR count). The summed E-state index contributed by atoms with van der Waals surface area (Å²) >= 11 is 0. The molecular weight excluding hydrogens is 757 g/mol. The van der Waals surface area contributed by atoms with Crippen LogP contribution in [0.5, 0.6) is 0 Å². The lowest BCUT2D eigenvalue weighted by atomic mass is 9.93. The number of piperidine rings is 1. The number of alkyl carbamates (subject to hydrolysis) is 1. The van der Waals surface area contributed by atoms with Gasteiger partial charge in [-0.05, 0) is 94.0 Å². The van der Waals surface area contributed by atoms with Crippen LogP contribution < -0.4 is 21.3 Å². The first-order valence-corrected chi connectivity index (χ1v) is 19.6. The van der Waals surface area contributed by atoms with Crippen LogP contribution in [0, 0.1) is 23.2 Å². The molecule has 4 N–H and O–H groups in total. The Bertz CT molecular complexity index is 1840. The second-order valence-corrected chi connectivity index (χ2v) is 17.5. The van der Waals surface area contributed by atoms with Gasteiger partial charge in [0.25, 0.3) is 5.91 Å². The van der Waals surface area contributed by atoms with Crippen LogP contribution in [0.4, 0.5) is 18.0 Å². The molecule has 316 valence electrons. The molecule has 5 amide bonds. The van der Waals surface area contributed by atoms with Gasteiger partial charge in [-0.1, -0.05) is 68.4 Å². The molecule has 0 spiro atoms. The van der Waals surface area contributed by atoms with Gasteiger partial charge >= 0.3 is 12.3 Å². The van der Waals surface area contributed by atoms with E-state index in [9.17, 15) is 41.9 Å². The first-order valence-electron chi connectivity index (χ1n) is 19.6. The highest BCUT2D eigenvalue weighted by atomic mass is 19.4. The van der Waals surface area contributed by atoms with Gasteiger partial charge in [0.2, 0.25) is 23.5 Å². The van der Waals surface area contributed by atoms with Crippen LogP contribution in [-0.4, -0.2) is 109 Å². The average molecular weight is 813 g/mol. The van der Waals surface area contributed by atoms with Crippen molar-refractivity contribution in [1.82, 2.24) is 31.1 Å². The number of halogens is 3. The van der Waals surface area contributed by atoms with Crippen molar-refractivity contribution >= 4 is 35.5 Å². The average Bonchev–Trinajstić information content (AvgIpc) is 3.48. The van der Waals surface area contributed by atoms with E-state index < -0.39 is 102 Å². The predicted octanol–water partition coefficient (Wildman–Crippen LogP) is 3.71. The summed E-state index contributed by atoms with van der Waals surface area (Å²) in [6.45, 7) is 8.79. The first kappa shape index (κ1) is 44.1. The van der Waals surface area contributed by atoms with E-state index in [4.69, 9.17) is 4.74 Å². The van der Waals surface area contributed by atoms with Gasteiger partial charge < -0.3 is 35.8 Å². The largest absolute Gasteiger partial charge is 0.444 e. The number of hydrogen-bond donors (Lipinski definition) is 4. The summed E-state index contributed by atoms with van der Waals surface area (Å²) in [7, 11) is 3.63. The fourth-order valence-corrected chi connectivity index (χ4v) is 8.41. The maximum absolute atomic E-state index is 14.6. The van der Waals surface area contributed by atoms with E-state index in [0.29, 0.717) is 19.4 Å². The summed E-state index contributed by atoms with van der Waals surface area (Å²) in [5, 5.41) is 10.1. The molecule has 58 heavy (non-hydrogen) atoms. The number of hydrogen-bond acceptors (Lipinski definition) is 8. The monoisotopic (exact) mass is 812 g/mol. The number of Topliss-reactive ketones (excluding diaryl/α,β-unsaturated/α-hetero) is 1. The topological polar surface area (TPSA) is 166 Å². The lowest BCUT2D eigenvalue weighted by Crippen LogP contribution is -2.60. The number of alkyl halides is 3. The third-order valence-corrected chi connectivity index (χ3v) is 11.3. The number of benzene rings is 2. The summed E-state index contributed by atoms with van der Waals surface area (Å²) in [4.78, 5) is 84.7. The van der Waals surface area contributed by atoms with Gasteiger partial charge in [-0.2, -0.15) is 13.2 Å². The van der Waals surface area contributed by atoms with E-state index in [0.717, 1.165) is 16.7 Å². The Balaban J connectivity index is 1.32. The molecule has 2 aliphatic carbocycles. The lowest BCUT2D eigenvalue weighted by molar-refractivity contribution is -0.147. The zero-order chi connectivity index (χ0) is 42.7. The molecule has 2 fully saturated rings. The van der Waals surface area contributed by atoms with Crippen LogP contribution in [0.2, 0.25) is 0 Å². The van der Waals surface area contributed by atoms with Gasteiger partial charge in [0.05, 0.1) is 18.6 Å². The van der Waals surface area contributed by atoms with Gasteiger partial charge in [0.1, 0.15) is 17.7 Å². The van der Waals surface area contributed by atoms with Gasteiger partial charge in [-0.25, -0.2) is 4.79 Å². The highest BCUT2D eigenvalue weighted by Crippen LogP contribution is 2.65. The van der Waals surface area contributed by atoms with Gasteiger partial charge in [0, 0.05) is 19.5 Å². The number of ether oxygens (including phenoxy) is 1. The molecule has 6 atom stereocenters. The molecule has 0 bridgehead atoms. The number of carbonyl (C=O) groups excluding carboxylic acids is 6. The number of fused-ring (bicyclic) bond motifs is 2. The number of amides is 5. The molecule has 2 aromatic rings. The lowest BCUT2D eigenvalue weighted by Gasteiger charge is -2.35. The molecular formula is C42H55F3N6O7. The Morgan fingerprint density at radius 3 is 2.07 bits per heavy atom. The molecule has 3 aliphatic rings. The van der Waals surface area contributed by atoms with Gasteiger partial charge in [-0.15, -0.1) is 0 Å². The maximum Gasteiger partial charge on any atom is 0.408 e. The number of likely N-dealkylation sites (tertiary alicyclic amines) is 1. The van der Waals surface area contributed by atoms with E-state index in [1.807, 2.05) is 75.3 Å². The van der Waals surface area contributed by atoms with Crippen molar-refractivity contribution < 1.29 is 46.7 Å². The third-order valence-electron chi connectivity index (χ3n) is 11.3. The van der Waals surface area contributed by atoms with E-state index in [1.165, 1.54) is 4.90 Å². The Labute approximate surface area is 337 Å². The number of carbonyl (C=O) groups is 6. The number of nitrogens with zero attached hydrogens (tertiary/aromatic N) is 2. The predicted molar refractivity (Wildman–Crippen MR) is 208 cm³/mol. The number of likely N-dealkylation sites (N-methyl/N-ethyl adjacent to an activating group) is 1. The first-order chi connectivity index (χ1) is 27.1. The van der Waals surface area contributed by atoms with E-state index in [2.05, 4.69) is 21.3 Å². The van der Waals surface area contributed by atoms with Crippen LogP contribution in [-0.2, 0) is 41.6 Å². The fourth-order valence-electron chi connectivity index (χ4n) is 8.41. The second kappa shape index (κ2) is 17.5. The van der Waals surface area contributed by atoms with Crippen LogP contribution in [0.3, 0.4) is 0 Å². The highest BCUT2D eigenvalue weighted by molar-refractivity contribution is 6.38. The Morgan fingerprint density at radius 1 is 0.897 bits per heavy atom. The standard InChI is InChI=1S/C42H55F3N6O7/c1-40(2,3)58-39(57)49-33(27-19-25-15-11-12-16-26(25)20-27)38(56)51-22-28-32(41(28,4)5)34(51)36(54)48-29(17-18-42(43,44)45)35(53)37(55)46-21-31(52)47-30(23-50(6)7)24-13-9-8-10-14-24/h8-16,27-30,32-34H,17-23H2,1-7H3,(H,46,55)(H,47,52)(H,48,54)(H,49,57)/t28-,29?,30+,32-,33-,34-/m0/s1. The normalized spacial score (nSPS) is 21.2.